The van der Waals surface area contributed by atoms with Crippen LogP contribution in [0.15, 0.2) is 11.1 Å². The van der Waals surface area contributed by atoms with Crippen LogP contribution in [-0.2, 0) is 19.6 Å². The van der Waals surface area contributed by atoms with E-state index < -0.39 is 10.0 Å². The molecule has 1 spiro atoms. The van der Waals surface area contributed by atoms with Crippen LogP contribution in [0.1, 0.15) is 98.3 Å². The van der Waals surface area contributed by atoms with Gasteiger partial charge in [0.25, 0.3) is 0 Å². The number of Topliss-reactive ketones (excluding diaryl/α,β-unsaturated/α-hetero) is 1. The molecule has 2 aliphatic heterocycles. The van der Waals surface area contributed by atoms with Gasteiger partial charge in [0, 0.05) is 25.3 Å². The number of carbonyl (C=O) groups excluding carboxylic acids is 1. The number of allylic oxidation sites excluding steroid dienone is 1. The molecule has 7 rings (SSSR count). The monoisotopic (exact) mass is 515 g/mol. The Morgan fingerprint density at radius 3 is 2.61 bits per heavy atom. The highest BCUT2D eigenvalue weighted by Gasteiger charge is 2.82. The van der Waals surface area contributed by atoms with Gasteiger partial charge in [-0.25, -0.2) is 8.42 Å². The molecule has 2 heterocycles. The fraction of sp³-hybridized carbons (Fsp3) is 0.900. The van der Waals surface area contributed by atoms with Crippen LogP contribution < -0.4 is 0 Å². The predicted octanol–water partition coefficient (Wildman–Crippen LogP) is 5.50. The Morgan fingerprint density at radius 1 is 1.08 bits per heavy atom. The summed E-state index contributed by atoms with van der Waals surface area (Å²) in [5.74, 6) is 2.29. The number of rotatable bonds is 1. The van der Waals surface area contributed by atoms with Crippen molar-refractivity contribution < 1.29 is 17.9 Å². The van der Waals surface area contributed by atoms with Gasteiger partial charge in [-0.1, -0.05) is 31.9 Å². The maximum Gasteiger partial charge on any atom is 0.211 e. The molecule has 0 aromatic heterocycles. The van der Waals surface area contributed by atoms with E-state index in [0.717, 1.165) is 38.5 Å². The maximum absolute atomic E-state index is 12.8. The van der Waals surface area contributed by atoms with Gasteiger partial charge < -0.3 is 4.74 Å². The lowest BCUT2D eigenvalue weighted by atomic mass is 9.52. The fourth-order valence-electron chi connectivity index (χ4n) is 11.6. The molecule has 0 amide bonds. The van der Waals surface area contributed by atoms with Crippen molar-refractivity contribution in [3.8, 4) is 0 Å². The molecule has 0 bridgehead atoms. The van der Waals surface area contributed by atoms with E-state index in [1.807, 2.05) is 0 Å². The summed E-state index contributed by atoms with van der Waals surface area (Å²) >= 11 is 0. The number of ether oxygens (including phenoxy) is 1. The molecule has 6 heteroatoms. The highest BCUT2D eigenvalue weighted by molar-refractivity contribution is 7.88. The van der Waals surface area contributed by atoms with E-state index in [1.54, 1.807) is 15.5 Å². The Balaban J connectivity index is 1.22. The molecule has 4 saturated carbocycles. The molecule has 5 nitrogen and oxygen atoms in total. The fourth-order valence-corrected chi connectivity index (χ4v) is 12.8. The first kappa shape index (κ1) is 24.3. The van der Waals surface area contributed by atoms with Crippen molar-refractivity contribution in [1.82, 2.24) is 4.31 Å². The second kappa shape index (κ2) is 7.27. The molecule has 0 aromatic carbocycles. The highest BCUT2D eigenvalue weighted by atomic mass is 32.2. The van der Waals surface area contributed by atoms with E-state index in [1.165, 1.54) is 38.4 Å². The van der Waals surface area contributed by atoms with Crippen LogP contribution in [0.2, 0.25) is 0 Å². The Bertz CT molecular complexity index is 1160. The van der Waals surface area contributed by atoms with Gasteiger partial charge in [-0.2, -0.15) is 4.31 Å². The number of hydrogen-bond donors (Lipinski definition) is 0. The topological polar surface area (TPSA) is 63.7 Å². The highest BCUT2D eigenvalue weighted by Crippen LogP contribution is 2.90. The zero-order valence-corrected chi connectivity index (χ0v) is 23.8. The number of hydrogen-bond acceptors (Lipinski definition) is 4. The zero-order valence-electron chi connectivity index (χ0n) is 22.9. The maximum atomic E-state index is 12.8. The molecule has 5 aliphatic carbocycles. The molecule has 2 saturated heterocycles. The molecule has 7 aliphatic rings. The molecular weight excluding hydrogens is 470 g/mol. The van der Waals surface area contributed by atoms with Crippen LogP contribution in [0.4, 0.5) is 0 Å². The summed E-state index contributed by atoms with van der Waals surface area (Å²) in [5, 5.41) is 0. The summed E-state index contributed by atoms with van der Waals surface area (Å²) in [7, 11) is -3.26. The summed E-state index contributed by atoms with van der Waals surface area (Å²) in [6.07, 6.45) is 13.4. The van der Waals surface area contributed by atoms with Crippen molar-refractivity contribution in [1.29, 1.82) is 0 Å². The van der Waals surface area contributed by atoms with Crippen LogP contribution in [-0.4, -0.2) is 49.1 Å². The minimum Gasteiger partial charge on any atom is -0.369 e. The Hall–Kier alpha value is -0.720. The zero-order chi connectivity index (χ0) is 25.5. The number of fused-ring (bicyclic) bond motifs is 3. The summed E-state index contributed by atoms with van der Waals surface area (Å²) in [5.41, 5.74) is 4.24. The van der Waals surface area contributed by atoms with E-state index in [0.29, 0.717) is 46.3 Å². The largest absolute Gasteiger partial charge is 0.369 e. The summed E-state index contributed by atoms with van der Waals surface area (Å²) in [6.45, 7) is 10.0. The van der Waals surface area contributed by atoms with Crippen LogP contribution >= 0.6 is 0 Å². The second-order valence-electron chi connectivity index (χ2n) is 14.7. The van der Waals surface area contributed by atoms with Crippen molar-refractivity contribution in [2.75, 3.05) is 12.8 Å². The smallest absolute Gasteiger partial charge is 0.211 e. The van der Waals surface area contributed by atoms with Gasteiger partial charge in [-0.05, 0) is 98.7 Å². The van der Waals surface area contributed by atoms with E-state index >= 15 is 0 Å². The first-order valence-corrected chi connectivity index (χ1v) is 16.6. The molecule has 0 radical (unpaired) electrons. The average Bonchev–Trinajstić information content (AvgIpc) is 3.33. The van der Waals surface area contributed by atoms with Gasteiger partial charge >= 0.3 is 0 Å². The number of nitrogens with zero attached hydrogens (tertiary/aromatic N) is 1. The second-order valence-corrected chi connectivity index (χ2v) is 16.7. The number of ketones is 1. The summed E-state index contributed by atoms with van der Waals surface area (Å²) < 4.78 is 34.4. The molecule has 36 heavy (non-hydrogen) atoms. The minimum absolute atomic E-state index is 0.0153. The minimum atomic E-state index is -3.26. The SMILES string of the molecule is CC1=C2CC34CC3(CCC3CC(=O)CCC34C)C2CCC2(C1)OC1CC(C)CN(S(C)(=O)=O)C1C2C. The van der Waals surface area contributed by atoms with Crippen molar-refractivity contribution >= 4 is 15.8 Å². The molecule has 0 N–H and O–H groups in total. The van der Waals surface area contributed by atoms with Crippen LogP contribution in [0, 0.1) is 39.9 Å². The van der Waals surface area contributed by atoms with Gasteiger partial charge in [0.1, 0.15) is 5.78 Å². The van der Waals surface area contributed by atoms with Crippen molar-refractivity contribution in [2.45, 2.75) is 116 Å². The lowest BCUT2D eigenvalue weighted by Crippen LogP contribution is -2.53. The Labute approximate surface area is 217 Å². The van der Waals surface area contributed by atoms with Gasteiger partial charge in [-0.15, -0.1) is 0 Å². The van der Waals surface area contributed by atoms with E-state index in [4.69, 9.17) is 4.74 Å². The standard InChI is InChI=1S/C30H45NO4S/c1-18-12-25-26(31(16-18)36(5,33)34)20(3)29(35-25)11-8-24-23(19(2)14-29)15-30-17-28(24,30)10-6-21-13-22(32)7-9-27(21,30)4/h18,20-21,24-26H,6-17H2,1-5H3. The molecular formula is C30H45NO4S. The van der Waals surface area contributed by atoms with Crippen molar-refractivity contribution in [2.24, 2.45) is 39.9 Å². The van der Waals surface area contributed by atoms with E-state index in [-0.39, 0.29) is 23.7 Å². The third kappa shape index (κ3) is 2.85. The van der Waals surface area contributed by atoms with Crippen LogP contribution in [0.25, 0.3) is 0 Å². The lowest BCUT2D eigenvalue weighted by Gasteiger charge is -2.52. The van der Waals surface area contributed by atoms with E-state index in [9.17, 15) is 13.2 Å². The number of piperidine rings is 1. The van der Waals surface area contributed by atoms with Gasteiger partial charge in [-0.3, -0.25) is 4.79 Å². The normalized spacial score (nSPS) is 54.4. The molecule has 10 unspecified atom stereocenters. The van der Waals surface area contributed by atoms with Gasteiger partial charge in [0.2, 0.25) is 10.0 Å². The van der Waals surface area contributed by atoms with E-state index in [2.05, 4.69) is 27.7 Å². The third-order valence-electron chi connectivity index (χ3n) is 13.3. The average molecular weight is 516 g/mol. The third-order valence-corrected chi connectivity index (χ3v) is 14.6. The number of sulfonamides is 1. The van der Waals surface area contributed by atoms with Crippen LogP contribution in [0.5, 0.6) is 0 Å². The quantitative estimate of drug-likeness (QED) is 0.433. The van der Waals surface area contributed by atoms with Crippen molar-refractivity contribution in [3.63, 3.8) is 0 Å². The first-order valence-electron chi connectivity index (χ1n) is 14.7. The number of carbonyl (C=O) groups is 1. The molecule has 6 fully saturated rings. The van der Waals surface area contributed by atoms with Gasteiger partial charge in [0.05, 0.1) is 24.0 Å². The van der Waals surface area contributed by atoms with Gasteiger partial charge in [0.15, 0.2) is 0 Å². The van der Waals surface area contributed by atoms with Crippen molar-refractivity contribution in [3.05, 3.63) is 11.1 Å². The summed E-state index contributed by atoms with van der Waals surface area (Å²) in [4.78, 5) is 12.3. The molecule has 10 atom stereocenters. The molecule has 0 aromatic rings. The lowest BCUT2D eigenvalue weighted by molar-refractivity contribution is -0.130. The summed E-state index contributed by atoms with van der Waals surface area (Å²) in [6, 6.07) is -0.0285. The van der Waals surface area contributed by atoms with Crippen LogP contribution in [0.3, 0.4) is 0 Å². The first-order chi connectivity index (χ1) is 16.9. The molecule has 200 valence electrons. The predicted molar refractivity (Wildman–Crippen MR) is 140 cm³/mol. The Kier molecular flexibility index (Phi) is 4.91. The Morgan fingerprint density at radius 2 is 1.86 bits per heavy atom.